The summed E-state index contributed by atoms with van der Waals surface area (Å²) in [5, 5.41) is 3.74. The van der Waals surface area contributed by atoms with Crippen LogP contribution in [0.1, 0.15) is 18.1 Å². The van der Waals surface area contributed by atoms with Crippen LogP contribution < -0.4 is 5.32 Å². The molecule has 0 saturated heterocycles. The van der Waals surface area contributed by atoms with Gasteiger partial charge in [-0.3, -0.25) is 4.79 Å². The summed E-state index contributed by atoms with van der Waals surface area (Å²) in [6.45, 7) is 4.13. The average Bonchev–Trinajstić information content (AvgIpc) is 2.95. The third-order valence-electron chi connectivity index (χ3n) is 3.63. The lowest BCUT2D eigenvalue weighted by Gasteiger charge is -2.08. The van der Waals surface area contributed by atoms with E-state index in [1.807, 2.05) is 43.3 Å². The minimum absolute atomic E-state index is 0.0208. The van der Waals surface area contributed by atoms with E-state index >= 15 is 0 Å². The lowest BCUT2D eigenvalue weighted by atomic mass is 10.1. The molecule has 3 aromatic rings. The van der Waals surface area contributed by atoms with E-state index in [0.29, 0.717) is 5.75 Å². The van der Waals surface area contributed by atoms with Crippen molar-refractivity contribution in [3.63, 3.8) is 0 Å². The zero-order chi connectivity index (χ0) is 16.2. The van der Waals surface area contributed by atoms with Crippen LogP contribution in [0.2, 0.25) is 0 Å². The SMILES string of the molecule is CCc1ccccc1NC(=O)CSc1nc2ccc(C)cc2[nH]1. The monoisotopic (exact) mass is 325 g/mol. The van der Waals surface area contributed by atoms with Crippen molar-refractivity contribution >= 4 is 34.4 Å². The summed E-state index contributed by atoms with van der Waals surface area (Å²) < 4.78 is 0. The van der Waals surface area contributed by atoms with Gasteiger partial charge >= 0.3 is 0 Å². The minimum Gasteiger partial charge on any atom is -0.333 e. The van der Waals surface area contributed by atoms with E-state index in [-0.39, 0.29) is 5.91 Å². The van der Waals surface area contributed by atoms with Crippen LogP contribution in [-0.4, -0.2) is 21.6 Å². The summed E-state index contributed by atoms with van der Waals surface area (Å²) >= 11 is 1.41. The molecular formula is C18H19N3OS. The number of aromatic amines is 1. The molecule has 0 radical (unpaired) electrons. The van der Waals surface area contributed by atoms with E-state index in [4.69, 9.17) is 0 Å². The maximum atomic E-state index is 12.1. The Morgan fingerprint density at radius 1 is 1.26 bits per heavy atom. The van der Waals surface area contributed by atoms with Crippen molar-refractivity contribution in [1.29, 1.82) is 0 Å². The van der Waals surface area contributed by atoms with Crippen LogP contribution in [0.3, 0.4) is 0 Å². The normalized spacial score (nSPS) is 10.9. The van der Waals surface area contributed by atoms with Gasteiger partial charge in [0.2, 0.25) is 5.91 Å². The van der Waals surface area contributed by atoms with Crippen molar-refractivity contribution in [2.45, 2.75) is 25.4 Å². The van der Waals surface area contributed by atoms with Gasteiger partial charge in [-0.1, -0.05) is 43.0 Å². The predicted octanol–water partition coefficient (Wildman–Crippen LogP) is 4.16. The molecule has 1 heterocycles. The second-order valence-corrected chi connectivity index (χ2v) is 6.37. The Kier molecular flexibility index (Phi) is 4.67. The number of benzene rings is 2. The number of amides is 1. The van der Waals surface area contributed by atoms with Gasteiger partial charge < -0.3 is 10.3 Å². The molecular weight excluding hydrogens is 306 g/mol. The number of H-pyrrole nitrogens is 1. The van der Waals surface area contributed by atoms with Crippen LogP contribution in [0.15, 0.2) is 47.6 Å². The van der Waals surface area contributed by atoms with E-state index in [2.05, 4.69) is 28.3 Å². The molecule has 4 nitrogen and oxygen atoms in total. The number of imidazole rings is 1. The van der Waals surface area contributed by atoms with Gasteiger partial charge in [-0.05, 0) is 42.7 Å². The Hall–Kier alpha value is -2.27. The largest absolute Gasteiger partial charge is 0.333 e. The number of nitrogens with one attached hydrogen (secondary N) is 2. The smallest absolute Gasteiger partial charge is 0.234 e. The molecule has 2 N–H and O–H groups in total. The van der Waals surface area contributed by atoms with Crippen LogP contribution >= 0.6 is 11.8 Å². The molecule has 118 valence electrons. The van der Waals surface area contributed by atoms with Crippen LogP contribution in [-0.2, 0) is 11.2 Å². The molecule has 0 aliphatic rings. The van der Waals surface area contributed by atoms with Crippen molar-refractivity contribution in [2.24, 2.45) is 0 Å². The lowest BCUT2D eigenvalue weighted by molar-refractivity contribution is -0.113. The highest BCUT2D eigenvalue weighted by molar-refractivity contribution is 7.99. The van der Waals surface area contributed by atoms with E-state index in [9.17, 15) is 4.79 Å². The fourth-order valence-electron chi connectivity index (χ4n) is 2.44. The number of hydrogen-bond donors (Lipinski definition) is 2. The molecule has 0 saturated carbocycles. The van der Waals surface area contributed by atoms with Crippen LogP contribution in [0.4, 0.5) is 5.69 Å². The molecule has 0 aliphatic carbocycles. The van der Waals surface area contributed by atoms with Crippen molar-refractivity contribution in [1.82, 2.24) is 9.97 Å². The van der Waals surface area contributed by atoms with Crippen molar-refractivity contribution in [3.05, 3.63) is 53.6 Å². The number of thioether (sulfide) groups is 1. The lowest BCUT2D eigenvalue weighted by Crippen LogP contribution is -2.15. The van der Waals surface area contributed by atoms with Gasteiger partial charge in [-0.25, -0.2) is 4.98 Å². The molecule has 0 spiro atoms. The number of carbonyl (C=O) groups excluding carboxylic acids is 1. The average molecular weight is 325 g/mol. The third-order valence-corrected chi connectivity index (χ3v) is 4.50. The summed E-state index contributed by atoms with van der Waals surface area (Å²) in [5.41, 5.74) is 5.15. The molecule has 3 rings (SSSR count). The molecule has 1 amide bonds. The molecule has 0 unspecified atom stereocenters. The van der Waals surface area contributed by atoms with Crippen LogP contribution in [0, 0.1) is 6.92 Å². The second-order valence-electron chi connectivity index (χ2n) is 5.41. The fraction of sp³-hybridized carbons (Fsp3) is 0.222. The predicted molar refractivity (Wildman–Crippen MR) is 96.0 cm³/mol. The number of hydrogen-bond acceptors (Lipinski definition) is 3. The number of para-hydroxylation sites is 1. The molecule has 0 atom stereocenters. The Bertz CT molecular complexity index is 841. The number of aromatic nitrogens is 2. The van der Waals surface area contributed by atoms with Gasteiger partial charge in [0.15, 0.2) is 5.16 Å². The van der Waals surface area contributed by atoms with Crippen LogP contribution in [0.25, 0.3) is 11.0 Å². The fourth-order valence-corrected chi connectivity index (χ4v) is 3.12. The van der Waals surface area contributed by atoms with Crippen molar-refractivity contribution < 1.29 is 4.79 Å². The molecule has 5 heteroatoms. The molecule has 0 aliphatic heterocycles. The Balaban J connectivity index is 1.63. The number of nitrogens with zero attached hydrogens (tertiary/aromatic N) is 1. The second kappa shape index (κ2) is 6.87. The Morgan fingerprint density at radius 2 is 2.09 bits per heavy atom. The van der Waals surface area contributed by atoms with E-state index < -0.39 is 0 Å². The number of aryl methyl sites for hydroxylation is 2. The molecule has 0 bridgehead atoms. The van der Waals surface area contributed by atoms with Crippen molar-refractivity contribution in [3.8, 4) is 0 Å². The Morgan fingerprint density at radius 3 is 2.91 bits per heavy atom. The van der Waals surface area contributed by atoms with Gasteiger partial charge in [0.1, 0.15) is 0 Å². The van der Waals surface area contributed by atoms with Gasteiger partial charge in [-0.2, -0.15) is 0 Å². The first-order valence-corrected chi connectivity index (χ1v) is 8.61. The number of fused-ring (bicyclic) bond motifs is 1. The number of rotatable bonds is 5. The molecule has 23 heavy (non-hydrogen) atoms. The summed E-state index contributed by atoms with van der Waals surface area (Å²) in [4.78, 5) is 19.9. The third kappa shape index (κ3) is 3.74. The summed E-state index contributed by atoms with van der Waals surface area (Å²) in [6.07, 6.45) is 0.895. The molecule has 0 fully saturated rings. The molecule has 1 aromatic heterocycles. The van der Waals surface area contributed by atoms with Crippen molar-refractivity contribution in [2.75, 3.05) is 11.1 Å². The topological polar surface area (TPSA) is 57.8 Å². The zero-order valence-electron chi connectivity index (χ0n) is 13.2. The van der Waals surface area contributed by atoms with E-state index in [1.165, 1.54) is 17.3 Å². The highest BCUT2D eigenvalue weighted by Crippen LogP contribution is 2.21. The summed E-state index contributed by atoms with van der Waals surface area (Å²) in [5.74, 6) is 0.309. The zero-order valence-corrected chi connectivity index (χ0v) is 14.0. The first-order valence-electron chi connectivity index (χ1n) is 7.62. The molecule has 2 aromatic carbocycles. The quantitative estimate of drug-likeness (QED) is 0.692. The van der Waals surface area contributed by atoms with Gasteiger partial charge in [0.25, 0.3) is 0 Å². The Labute approximate surface area is 139 Å². The summed E-state index contributed by atoms with van der Waals surface area (Å²) in [6, 6.07) is 14.0. The first-order chi connectivity index (χ1) is 11.2. The number of carbonyl (C=O) groups is 1. The highest BCUT2D eigenvalue weighted by Gasteiger charge is 2.09. The number of anilines is 1. The van der Waals surface area contributed by atoms with Gasteiger partial charge in [0, 0.05) is 5.69 Å². The summed E-state index contributed by atoms with van der Waals surface area (Å²) in [7, 11) is 0. The first kappa shape index (κ1) is 15.6. The standard InChI is InChI=1S/C18H19N3OS/c1-3-13-6-4-5-7-14(13)19-17(22)11-23-18-20-15-9-8-12(2)10-16(15)21-18/h4-10H,3,11H2,1-2H3,(H,19,22)(H,20,21). The van der Waals surface area contributed by atoms with E-state index in [1.54, 1.807) is 0 Å². The van der Waals surface area contributed by atoms with Gasteiger partial charge in [0.05, 0.1) is 16.8 Å². The highest BCUT2D eigenvalue weighted by atomic mass is 32.2. The maximum Gasteiger partial charge on any atom is 0.234 e. The van der Waals surface area contributed by atoms with E-state index in [0.717, 1.165) is 33.9 Å². The minimum atomic E-state index is -0.0208. The van der Waals surface area contributed by atoms with Gasteiger partial charge in [-0.15, -0.1) is 0 Å². The van der Waals surface area contributed by atoms with Crippen LogP contribution in [0.5, 0.6) is 0 Å². The maximum absolute atomic E-state index is 12.1.